The quantitative estimate of drug-likeness (QED) is 0.573. The standard InChI is InChI=1S/C24H27FN2O4S/c1-14-10-18(25)6-8-22(14)27(20-7-9-23(15(2)11-20)32(5,30)31)24(29)21-13-19(12-16(3)28)26-17(21)4/h6-11,13,16,26,28H,12H2,1-5H3/t16-/m0/s1. The van der Waals surface area contributed by atoms with Crippen molar-refractivity contribution in [3.63, 3.8) is 0 Å². The molecule has 0 aliphatic rings. The van der Waals surface area contributed by atoms with Crippen LogP contribution in [0.3, 0.4) is 0 Å². The lowest BCUT2D eigenvalue weighted by atomic mass is 10.1. The van der Waals surface area contributed by atoms with Crippen LogP contribution < -0.4 is 4.90 Å². The third kappa shape index (κ3) is 4.92. The van der Waals surface area contributed by atoms with Gasteiger partial charge in [0.25, 0.3) is 5.91 Å². The minimum Gasteiger partial charge on any atom is -0.393 e. The summed E-state index contributed by atoms with van der Waals surface area (Å²) < 4.78 is 37.9. The van der Waals surface area contributed by atoms with Crippen LogP contribution in [0.25, 0.3) is 0 Å². The van der Waals surface area contributed by atoms with E-state index < -0.39 is 21.8 Å². The molecule has 1 heterocycles. The van der Waals surface area contributed by atoms with Gasteiger partial charge in [-0.05, 0) is 81.3 Å². The van der Waals surface area contributed by atoms with E-state index in [1.165, 1.54) is 29.2 Å². The van der Waals surface area contributed by atoms with Crippen molar-refractivity contribution in [1.82, 2.24) is 4.98 Å². The predicted molar refractivity (Wildman–Crippen MR) is 123 cm³/mol. The molecule has 3 rings (SSSR count). The van der Waals surface area contributed by atoms with Gasteiger partial charge >= 0.3 is 0 Å². The van der Waals surface area contributed by atoms with Gasteiger partial charge in [0.15, 0.2) is 9.84 Å². The van der Waals surface area contributed by atoms with Crippen LogP contribution in [0.4, 0.5) is 15.8 Å². The summed E-state index contributed by atoms with van der Waals surface area (Å²) in [6.45, 7) is 6.81. The summed E-state index contributed by atoms with van der Waals surface area (Å²) >= 11 is 0. The van der Waals surface area contributed by atoms with Gasteiger partial charge in [0.2, 0.25) is 0 Å². The Morgan fingerprint density at radius 1 is 1.09 bits per heavy atom. The number of H-pyrrole nitrogens is 1. The van der Waals surface area contributed by atoms with Gasteiger partial charge in [0.1, 0.15) is 5.82 Å². The van der Waals surface area contributed by atoms with Gasteiger partial charge in [-0.15, -0.1) is 0 Å². The summed E-state index contributed by atoms with van der Waals surface area (Å²) in [4.78, 5) is 18.5. The van der Waals surface area contributed by atoms with E-state index in [2.05, 4.69) is 4.98 Å². The molecule has 1 aromatic heterocycles. The summed E-state index contributed by atoms with van der Waals surface area (Å²) in [7, 11) is -3.42. The van der Waals surface area contributed by atoms with Crippen molar-refractivity contribution >= 4 is 27.1 Å². The second-order valence-corrected chi connectivity index (χ2v) is 10.2. The monoisotopic (exact) mass is 458 g/mol. The molecule has 0 unspecified atom stereocenters. The first-order chi connectivity index (χ1) is 14.9. The van der Waals surface area contributed by atoms with Crippen LogP contribution in [-0.2, 0) is 16.3 Å². The molecular formula is C24H27FN2O4S. The molecule has 8 heteroatoms. The van der Waals surface area contributed by atoms with Gasteiger partial charge in [-0.3, -0.25) is 9.69 Å². The molecule has 0 saturated heterocycles. The molecule has 32 heavy (non-hydrogen) atoms. The molecule has 6 nitrogen and oxygen atoms in total. The fourth-order valence-electron chi connectivity index (χ4n) is 3.82. The molecule has 1 amide bonds. The molecule has 170 valence electrons. The number of benzene rings is 2. The van der Waals surface area contributed by atoms with Crippen LogP contribution in [-0.4, -0.2) is 36.8 Å². The molecule has 0 radical (unpaired) electrons. The van der Waals surface area contributed by atoms with Gasteiger partial charge in [-0.25, -0.2) is 12.8 Å². The highest BCUT2D eigenvalue weighted by molar-refractivity contribution is 7.90. The lowest BCUT2D eigenvalue weighted by Crippen LogP contribution is -2.27. The van der Waals surface area contributed by atoms with Crippen LogP contribution in [0, 0.1) is 26.6 Å². The van der Waals surface area contributed by atoms with E-state index in [1.54, 1.807) is 45.9 Å². The Hall–Kier alpha value is -2.97. The summed E-state index contributed by atoms with van der Waals surface area (Å²) in [6, 6.07) is 10.5. The van der Waals surface area contributed by atoms with E-state index in [1.807, 2.05) is 0 Å². The molecule has 0 bridgehead atoms. The number of hydrogen-bond donors (Lipinski definition) is 2. The number of nitrogens with one attached hydrogen (secondary N) is 1. The van der Waals surface area contributed by atoms with E-state index in [-0.39, 0.29) is 10.8 Å². The molecule has 2 aromatic carbocycles. The normalized spacial score (nSPS) is 12.6. The van der Waals surface area contributed by atoms with Crippen LogP contribution in [0.15, 0.2) is 47.4 Å². The summed E-state index contributed by atoms with van der Waals surface area (Å²) in [5, 5.41) is 9.69. The van der Waals surface area contributed by atoms with E-state index in [0.29, 0.717) is 40.2 Å². The number of aliphatic hydroxyl groups is 1. The number of nitrogens with zero attached hydrogens (tertiary/aromatic N) is 1. The van der Waals surface area contributed by atoms with Gasteiger partial charge in [-0.1, -0.05) is 0 Å². The van der Waals surface area contributed by atoms with Crippen molar-refractivity contribution in [2.24, 2.45) is 0 Å². The minimum atomic E-state index is -3.42. The van der Waals surface area contributed by atoms with Crippen LogP contribution >= 0.6 is 0 Å². The number of hydrogen-bond acceptors (Lipinski definition) is 4. The minimum absolute atomic E-state index is 0.182. The van der Waals surface area contributed by atoms with Crippen LogP contribution in [0.1, 0.15) is 39.8 Å². The molecule has 0 saturated carbocycles. The molecule has 2 N–H and O–H groups in total. The van der Waals surface area contributed by atoms with Crippen molar-refractivity contribution in [3.8, 4) is 0 Å². The first-order valence-electron chi connectivity index (χ1n) is 10.2. The number of aromatic nitrogens is 1. The fraction of sp³-hybridized carbons (Fsp3) is 0.292. The van der Waals surface area contributed by atoms with E-state index in [4.69, 9.17) is 0 Å². The van der Waals surface area contributed by atoms with Crippen molar-refractivity contribution in [3.05, 3.63) is 76.4 Å². The molecule has 0 spiro atoms. The van der Waals surface area contributed by atoms with Crippen LogP contribution in [0.5, 0.6) is 0 Å². The smallest absolute Gasteiger partial charge is 0.264 e. The summed E-state index contributed by atoms with van der Waals surface area (Å²) in [6.07, 6.45) is 0.929. The zero-order valence-electron chi connectivity index (χ0n) is 18.7. The Morgan fingerprint density at radius 3 is 2.34 bits per heavy atom. The van der Waals surface area contributed by atoms with E-state index >= 15 is 0 Å². The zero-order chi connectivity index (χ0) is 23.8. The molecule has 0 fully saturated rings. The van der Waals surface area contributed by atoms with Crippen molar-refractivity contribution < 1.29 is 22.7 Å². The SMILES string of the molecule is Cc1cc(F)ccc1N(C(=O)c1cc(C[C@H](C)O)[nH]c1C)c1ccc(S(C)(=O)=O)c(C)c1. The number of carbonyl (C=O) groups excluding carboxylic acids is 1. The molecule has 1 atom stereocenters. The Balaban J connectivity index is 2.17. The van der Waals surface area contributed by atoms with Gasteiger partial charge in [0, 0.05) is 29.8 Å². The Morgan fingerprint density at radius 2 is 1.78 bits per heavy atom. The largest absolute Gasteiger partial charge is 0.393 e. The highest BCUT2D eigenvalue weighted by Crippen LogP contribution is 2.33. The number of halogens is 1. The first kappa shape index (κ1) is 23.7. The van der Waals surface area contributed by atoms with Crippen molar-refractivity contribution in [2.45, 2.75) is 45.1 Å². The second-order valence-electron chi connectivity index (χ2n) is 8.18. The third-order valence-electron chi connectivity index (χ3n) is 5.24. The summed E-state index contributed by atoms with van der Waals surface area (Å²) in [5.41, 5.74) is 3.78. The fourth-order valence-corrected chi connectivity index (χ4v) is 4.78. The average Bonchev–Trinajstić information content (AvgIpc) is 3.02. The highest BCUT2D eigenvalue weighted by Gasteiger charge is 2.25. The van der Waals surface area contributed by atoms with Crippen molar-refractivity contribution in [1.29, 1.82) is 0 Å². The lowest BCUT2D eigenvalue weighted by molar-refractivity contribution is 0.0998. The Kier molecular flexibility index (Phi) is 6.57. The molecular weight excluding hydrogens is 431 g/mol. The first-order valence-corrected chi connectivity index (χ1v) is 12.1. The Labute approximate surface area is 187 Å². The number of anilines is 2. The predicted octanol–water partition coefficient (Wildman–Crippen LogP) is 4.38. The van der Waals surface area contributed by atoms with E-state index in [0.717, 1.165) is 11.9 Å². The van der Waals surface area contributed by atoms with E-state index in [9.17, 15) is 22.7 Å². The molecule has 0 aliphatic heterocycles. The number of sulfone groups is 1. The number of aryl methyl sites for hydroxylation is 3. The second kappa shape index (κ2) is 8.88. The zero-order valence-corrected chi connectivity index (χ0v) is 19.5. The maximum atomic E-state index is 13.8. The maximum Gasteiger partial charge on any atom is 0.264 e. The Bertz CT molecular complexity index is 1280. The topological polar surface area (TPSA) is 90.5 Å². The van der Waals surface area contributed by atoms with Gasteiger partial charge in [-0.2, -0.15) is 0 Å². The number of aliphatic hydroxyl groups excluding tert-OH is 1. The molecule has 3 aromatic rings. The van der Waals surface area contributed by atoms with Gasteiger partial charge in [0.05, 0.1) is 22.3 Å². The average molecular weight is 459 g/mol. The number of amides is 1. The third-order valence-corrected chi connectivity index (χ3v) is 6.49. The summed E-state index contributed by atoms with van der Waals surface area (Å²) in [5.74, 6) is -0.767. The number of aromatic amines is 1. The van der Waals surface area contributed by atoms with Crippen molar-refractivity contribution in [2.75, 3.05) is 11.2 Å². The maximum absolute atomic E-state index is 13.8. The van der Waals surface area contributed by atoms with Crippen LogP contribution in [0.2, 0.25) is 0 Å². The number of rotatable bonds is 6. The highest BCUT2D eigenvalue weighted by atomic mass is 32.2. The van der Waals surface area contributed by atoms with Gasteiger partial charge < -0.3 is 10.1 Å². The number of carbonyl (C=O) groups is 1. The lowest BCUT2D eigenvalue weighted by Gasteiger charge is -2.25. The molecule has 0 aliphatic carbocycles.